The fraction of sp³-hybridized carbons (Fsp3) is 0.467. The molecule has 2 aliphatic carbocycles. The largest absolute Gasteiger partial charge is 0.397 e. The lowest BCUT2D eigenvalue weighted by atomic mass is 10.0. The van der Waals surface area contributed by atoms with Crippen molar-refractivity contribution < 1.29 is 0 Å². The van der Waals surface area contributed by atoms with E-state index in [9.17, 15) is 4.79 Å². The molecule has 104 valence electrons. The van der Waals surface area contributed by atoms with Crippen molar-refractivity contribution in [2.24, 2.45) is 11.3 Å². The summed E-state index contributed by atoms with van der Waals surface area (Å²) in [5.74, 6) is 0.914. The molecule has 4 rings (SSSR count). The molecule has 20 heavy (non-hydrogen) atoms. The van der Waals surface area contributed by atoms with Gasteiger partial charge in [-0.2, -0.15) is 0 Å². The Hall–Kier alpha value is -2.04. The van der Waals surface area contributed by atoms with Gasteiger partial charge in [0.15, 0.2) is 0 Å². The summed E-state index contributed by atoms with van der Waals surface area (Å²) in [5.41, 5.74) is 8.61. The van der Waals surface area contributed by atoms with E-state index in [0.717, 1.165) is 18.2 Å². The van der Waals surface area contributed by atoms with Crippen LogP contribution in [0.25, 0.3) is 10.9 Å². The Kier molecular flexibility index (Phi) is 2.34. The van der Waals surface area contributed by atoms with E-state index in [1.807, 2.05) is 6.07 Å². The Morgan fingerprint density at radius 3 is 2.90 bits per heavy atom. The number of hydrogen-bond acceptors (Lipinski definition) is 4. The highest BCUT2D eigenvalue weighted by atomic mass is 16.1. The number of rotatable bonds is 4. The smallest absolute Gasteiger partial charge is 0.258 e. The fourth-order valence-corrected chi connectivity index (χ4v) is 3.14. The fourth-order valence-electron chi connectivity index (χ4n) is 3.14. The number of H-pyrrole nitrogens is 1. The molecule has 2 aliphatic rings. The molecule has 5 nitrogen and oxygen atoms in total. The van der Waals surface area contributed by atoms with Gasteiger partial charge in [-0.1, -0.05) is 0 Å². The van der Waals surface area contributed by atoms with Crippen molar-refractivity contribution in [3.8, 4) is 0 Å². The lowest BCUT2D eigenvalue weighted by Gasteiger charge is -2.17. The van der Waals surface area contributed by atoms with Crippen LogP contribution in [0.15, 0.2) is 23.3 Å². The number of nitrogen functional groups attached to an aromatic ring is 1. The molecule has 0 radical (unpaired) electrons. The van der Waals surface area contributed by atoms with Gasteiger partial charge in [-0.3, -0.25) is 4.79 Å². The Balaban J connectivity index is 1.63. The molecule has 5 heteroatoms. The molecule has 0 atom stereocenters. The minimum absolute atomic E-state index is 0.148. The second kappa shape index (κ2) is 3.98. The van der Waals surface area contributed by atoms with Crippen molar-refractivity contribution >= 4 is 22.3 Å². The van der Waals surface area contributed by atoms with Gasteiger partial charge in [-0.15, -0.1) is 0 Å². The van der Waals surface area contributed by atoms with E-state index in [1.54, 1.807) is 6.07 Å². The summed E-state index contributed by atoms with van der Waals surface area (Å²) in [6, 6.07) is 3.59. The first-order valence-corrected chi connectivity index (χ1v) is 7.19. The van der Waals surface area contributed by atoms with E-state index < -0.39 is 0 Å². The monoisotopic (exact) mass is 270 g/mol. The first kappa shape index (κ1) is 11.8. The first-order chi connectivity index (χ1) is 9.68. The lowest BCUT2D eigenvalue weighted by molar-refractivity contribution is 0.467. The molecule has 2 fully saturated rings. The Morgan fingerprint density at radius 2 is 2.20 bits per heavy atom. The maximum Gasteiger partial charge on any atom is 0.258 e. The molecule has 4 N–H and O–H groups in total. The Labute approximate surface area is 116 Å². The molecule has 1 aromatic carbocycles. The molecular weight excluding hydrogens is 252 g/mol. The molecule has 0 bridgehead atoms. The SMILES string of the molecule is Nc1cc2c(=O)[nH]cnc2cc1NCC1(C2CC2)CC1. The molecule has 0 saturated heterocycles. The zero-order valence-electron chi connectivity index (χ0n) is 11.3. The molecule has 2 saturated carbocycles. The zero-order valence-corrected chi connectivity index (χ0v) is 11.3. The van der Waals surface area contributed by atoms with Gasteiger partial charge in [0.2, 0.25) is 0 Å². The summed E-state index contributed by atoms with van der Waals surface area (Å²) in [4.78, 5) is 18.5. The number of nitrogens with one attached hydrogen (secondary N) is 2. The van der Waals surface area contributed by atoms with E-state index in [0.29, 0.717) is 22.0 Å². The van der Waals surface area contributed by atoms with Crippen LogP contribution in [-0.4, -0.2) is 16.5 Å². The molecular formula is C15H18N4O. The van der Waals surface area contributed by atoms with Crippen LogP contribution >= 0.6 is 0 Å². The number of aromatic nitrogens is 2. The summed E-state index contributed by atoms with van der Waals surface area (Å²) in [7, 11) is 0. The van der Waals surface area contributed by atoms with Gasteiger partial charge in [0.25, 0.3) is 5.56 Å². The third kappa shape index (κ3) is 1.85. The number of anilines is 2. The second-order valence-corrected chi connectivity index (χ2v) is 6.18. The topological polar surface area (TPSA) is 83.8 Å². The number of hydrogen-bond donors (Lipinski definition) is 3. The van der Waals surface area contributed by atoms with Gasteiger partial charge in [0.1, 0.15) is 0 Å². The van der Waals surface area contributed by atoms with Crippen LogP contribution < -0.4 is 16.6 Å². The van der Waals surface area contributed by atoms with Crippen molar-refractivity contribution in [3.05, 3.63) is 28.8 Å². The molecule has 0 aliphatic heterocycles. The van der Waals surface area contributed by atoms with E-state index >= 15 is 0 Å². The van der Waals surface area contributed by atoms with Crippen molar-refractivity contribution in [1.82, 2.24) is 9.97 Å². The van der Waals surface area contributed by atoms with Gasteiger partial charge in [-0.05, 0) is 49.1 Å². The van der Waals surface area contributed by atoms with Crippen LogP contribution in [0.1, 0.15) is 25.7 Å². The van der Waals surface area contributed by atoms with Gasteiger partial charge >= 0.3 is 0 Å². The highest BCUT2D eigenvalue weighted by molar-refractivity contribution is 5.88. The van der Waals surface area contributed by atoms with Gasteiger partial charge in [0, 0.05) is 6.54 Å². The van der Waals surface area contributed by atoms with Crippen LogP contribution in [0.4, 0.5) is 11.4 Å². The normalized spacial score (nSPS) is 20.0. The summed E-state index contributed by atoms with van der Waals surface area (Å²) in [6.45, 7) is 0.983. The predicted octanol–water partition coefficient (Wildman–Crippen LogP) is 2.11. The predicted molar refractivity (Wildman–Crippen MR) is 79.7 cm³/mol. The summed E-state index contributed by atoms with van der Waals surface area (Å²) in [5, 5.41) is 4.01. The summed E-state index contributed by atoms with van der Waals surface area (Å²) in [6.07, 6.45) is 6.85. The third-order valence-corrected chi connectivity index (χ3v) is 4.78. The van der Waals surface area contributed by atoms with Gasteiger partial charge in [-0.25, -0.2) is 4.98 Å². The maximum atomic E-state index is 11.7. The maximum absolute atomic E-state index is 11.7. The van der Waals surface area contributed by atoms with Gasteiger partial charge < -0.3 is 16.0 Å². The van der Waals surface area contributed by atoms with Crippen LogP contribution in [0, 0.1) is 11.3 Å². The number of nitrogens with zero attached hydrogens (tertiary/aromatic N) is 1. The third-order valence-electron chi connectivity index (χ3n) is 4.78. The number of benzene rings is 1. The second-order valence-electron chi connectivity index (χ2n) is 6.18. The van der Waals surface area contributed by atoms with E-state index in [-0.39, 0.29) is 5.56 Å². The Morgan fingerprint density at radius 1 is 1.40 bits per heavy atom. The van der Waals surface area contributed by atoms with Crippen molar-refractivity contribution in [1.29, 1.82) is 0 Å². The van der Waals surface area contributed by atoms with Crippen LogP contribution in [0.5, 0.6) is 0 Å². The molecule has 0 amide bonds. The molecule has 1 aromatic heterocycles. The van der Waals surface area contributed by atoms with Crippen molar-refractivity contribution in [2.45, 2.75) is 25.7 Å². The van der Waals surface area contributed by atoms with Crippen molar-refractivity contribution in [2.75, 3.05) is 17.6 Å². The highest BCUT2D eigenvalue weighted by Crippen LogP contribution is 2.61. The highest BCUT2D eigenvalue weighted by Gasteiger charge is 2.53. The lowest BCUT2D eigenvalue weighted by Crippen LogP contribution is -2.18. The molecule has 0 spiro atoms. The molecule has 2 aromatic rings. The Bertz CT molecular complexity index is 728. The number of aromatic amines is 1. The van der Waals surface area contributed by atoms with Gasteiger partial charge in [0.05, 0.1) is 28.6 Å². The zero-order chi connectivity index (χ0) is 13.7. The summed E-state index contributed by atoms with van der Waals surface area (Å²) < 4.78 is 0. The quantitative estimate of drug-likeness (QED) is 0.743. The van der Waals surface area contributed by atoms with Crippen LogP contribution in [-0.2, 0) is 0 Å². The first-order valence-electron chi connectivity index (χ1n) is 7.19. The van der Waals surface area contributed by atoms with Crippen molar-refractivity contribution in [3.63, 3.8) is 0 Å². The number of fused-ring (bicyclic) bond motifs is 1. The minimum Gasteiger partial charge on any atom is -0.397 e. The van der Waals surface area contributed by atoms with Crippen LogP contribution in [0.2, 0.25) is 0 Å². The number of nitrogens with two attached hydrogens (primary N) is 1. The summed E-state index contributed by atoms with van der Waals surface area (Å²) >= 11 is 0. The van der Waals surface area contributed by atoms with E-state index in [4.69, 9.17) is 5.73 Å². The van der Waals surface area contributed by atoms with Crippen LogP contribution in [0.3, 0.4) is 0 Å². The molecule has 0 unspecified atom stereocenters. The van der Waals surface area contributed by atoms with E-state index in [2.05, 4.69) is 15.3 Å². The average Bonchev–Trinajstić information content (AvgIpc) is 3.30. The van der Waals surface area contributed by atoms with E-state index in [1.165, 1.54) is 32.0 Å². The standard InChI is InChI=1S/C15H18N4O/c16-11-5-10-12(18-8-19-14(10)20)6-13(11)17-7-15(3-4-15)9-1-2-9/h5-6,8-9,17H,1-4,7,16H2,(H,18,19,20). The molecule has 1 heterocycles. The minimum atomic E-state index is -0.148. The average molecular weight is 270 g/mol.